The molecule has 1 heterocycles. The molecule has 0 bridgehead atoms. The lowest BCUT2D eigenvalue weighted by atomic mass is 10.2. The number of benzene rings is 2. The van der Waals surface area contributed by atoms with Crippen LogP contribution in [0.1, 0.15) is 16.1 Å². The molecule has 0 aliphatic carbocycles. The molecule has 3 aromatic rings. The standard InChI is InChI=1S/C19H17ClN4O2/c1-26-17-9-5-4-8-15(17)24-19(25)16-11-23-18(12-21-16)22-10-13-6-2-3-7-14(13)20/h2-9,11-12H,10H2,1H3,(H,22,23)(H,24,25). The molecule has 0 radical (unpaired) electrons. The largest absolute Gasteiger partial charge is 0.495 e. The number of para-hydroxylation sites is 2. The van der Waals surface area contributed by atoms with Gasteiger partial charge in [-0.05, 0) is 23.8 Å². The summed E-state index contributed by atoms with van der Waals surface area (Å²) in [6, 6.07) is 14.7. The summed E-state index contributed by atoms with van der Waals surface area (Å²) in [7, 11) is 1.55. The molecule has 132 valence electrons. The number of carbonyl (C=O) groups excluding carboxylic acids is 1. The molecule has 0 saturated heterocycles. The van der Waals surface area contributed by atoms with Crippen LogP contribution < -0.4 is 15.4 Å². The molecule has 1 aromatic heterocycles. The highest BCUT2D eigenvalue weighted by Crippen LogP contribution is 2.23. The summed E-state index contributed by atoms with van der Waals surface area (Å²) in [5.41, 5.74) is 1.73. The quantitative estimate of drug-likeness (QED) is 0.687. The third-order valence-electron chi connectivity index (χ3n) is 3.66. The summed E-state index contributed by atoms with van der Waals surface area (Å²) < 4.78 is 5.21. The maximum Gasteiger partial charge on any atom is 0.275 e. The third kappa shape index (κ3) is 4.29. The van der Waals surface area contributed by atoms with Crippen LogP contribution >= 0.6 is 11.6 Å². The zero-order valence-corrected chi connectivity index (χ0v) is 14.8. The smallest absolute Gasteiger partial charge is 0.275 e. The molecule has 0 aliphatic rings. The minimum atomic E-state index is -0.361. The van der Waals surface area contributed by atoms with E-state index in [-0.39, 0.29) is 11.6 Å². The number of hydrogen-bond donors (Lipinski definition) is 2. The lowest BCUT2D eigenvalue weighted by molar-refractivity contribution is 0.102. The summed E-state index contributed by atoms with van der Waals surface area (Å²) in [4.78, 5) is 20.7. The second-order valence-corrected chi connectivity index (χ2v) is 5.79. The number of anilines is 2. The first kappa shape index (κ1) is 17.7. The van der Waals surface area contributed by atoms with Gasteiger partial charge < -0.3 is 15.4 Å². The van der Waals surface area contributed by atoms with Crippen molar-refractivity contribution in [3.8, 4) is 5.75 Å². The zero-order chi connectivity index (χ0) is 18.4. The molecule has 0 spiro atoms. The van der Waals surface area contributed by atoms with E-state index < -0.39 is 0 Å². The van der Waals surface area contributed by atoms with Crippen molar-refractivity contribution in [3.63, 3.8) is 0 Å². The molecule has 0 unspecified atom stereocenters. The molecule has 2 aromatic carbocycles. The average molecular weight is 369 g/mol. The molecule has 0 fully saturated rings. The van der Waals surface area contributed by atoms with Crippen LogP contribution in [-0.2, 0) is 6.54 Å². The van der Waals surface area contributed by atoms with Gasteiger partial charge in [-0.15, -0.1) is 0 Å². The molecule has 1 amide bonds. The maximum absolute atomic E-state index is 12.3. The van der Waals surface area contributed by atoms with Gasteiger partial charge in [0.15, 0.2) is 0 Å². The number of nitrogens with zero attached hydrogens (tertiary/aromatic N) is 2. The van der Waals surface area contributed by atoms with Gasteiger partial charge in [0.1, 0.15) is 17.3 Å². The number of ether oxygens (including phenoxy) is 1. The lowest BCUT2D eigenvalue weighted by Gasteiger charge is -2.10. The maximum atomic E-state index is 12.3. The molecule has 2 N–H and O–H groups in total. The Balaban J connectivity index is 1.63. The van der Waals surface area contributed by atoms with Gasteiger partial charge in [0, 0.05) is 11.6 Å². The van der Waals surface area contributed by atoms with Crippen molar-refractivity contribution in [2.75, 3.05) is 17.7 Å². The number of aromatic nitrogens is 2. The van der Waals surface area contributed by atoms with Crippen LogP contribution in [0.2, 0.25) is 5.02 Å². The number of carbonyl (C=O) groups is 1. The van der Waals surface area contributed by atoms with E-state index in [1.54, 1.807) is 19.2 Å². The summed E-state index contributed by atoms with van der Waals surface area (Å²) in [5.74, 6) is 0.769. The fourth-order valence-corrected chi connectivity index (χ4v) is 2.50. The Bertz CT molecular complexity index is 900. The van der Waals surface area contributed by atoms with Gasteiger partial charge in [-0.3, -0.25) is 4.79 Å². The predicted molar refractivity (Wildman–Crippen MR) is 102 cm³/mol. The van der Waals surface area contributed by atoms with Crippen molar-refractivity contribution in [2.24, 2.45) is 0 Å². The minimum Gasteiger partial charge on any atom is -0.495 e. The molecule has 3 rings (SSSR count). The van der Waals surface area contributed by atoms with E-state index >= 15 is 0 Å². The van der Waals surface area contributed by atoms with E-state index in [0.717, 1.165) is 5.56 Å². The highest BCUT2D eigenvalue weighted by Gasteiger charge is 2.11. The Morgan fingerprint density at radius 3 is 2.58 bits per heavy atom. The number of hydrogen-bond acceptors (Lipinski definition) is 5. The SMILES string of the molecule is COc1ccccc1NC(=O)c1cnc(NCc2ccccc2Cl)cn1. The van der Waals surface area contributed by atoms with Crippen LogP contribution in [0.15, 0.2) is 60.9 Å². The number of amides is 1. The number of methoxy groups -OCH3 is 1. The van der Waals surface area contributed by atoms with Crippen LogP contribution in [0.5, 0.6) is 5.75 Å². The average Bonchev–Trinajstić information content (AvgIpc) is 2.68. The van der Waals surface area contributed by atoms with Gasteiger partial charge in [0.05, 0.1) is 25.2 Å². The van der Waals surface area contributed by atoms with Gasteiger partial charge >= 0.3 is 0 Å². The summed E-state index contributed by atoms with van der Waals surface area (Å²) in [6.07, 6.45) is 2.92. The van der Waals surface area contributed by atoms with Gasteiger partial charge in [-0.2, -0.15) is 0 Å². The molecular weight excluding hydrogens is 352 g/mol. The third-order valence-corrected chi connectivity index (χ3v) is 4.03. The van der Waals surface area contributed by atoms with Crippen molar-refractivity contribution in [1.29, 1.82) is 0 Å². The monoisotopic (exact) mass is 368 g/mol. The second-order valence-electron chi connectivity index (χ2n) is 5.39. The Labute approximate surface area is 156 Å². The number of rotatable bonds is 6. The molecule has 26 heavy (non-hydrogen) atoms. The summed E-state index contributed by atoms with van der Waals surface area (Å²) in [5, 5.41) is 6.57. The normalized spacial score (nSPS) is 10.2. The summed E-state index contributed by atoms with van der Waals surface area (Å²) in [6.45, 7) is 0.515. The fourth-order valence-electron chi connectivity index (χ4n) is 2.30. The zero-order valence-electron chi connectivity index (χ0n) is 14.1. The van der Waals surface area contributed by atoms with Crippen molar-refractivity contribution >= 4 is 29.0 Å². The van der Waals surface area contributed by atoms with E-state index in [2.05, 4.69) is 20.6 Å². The van der Waals surface area contributed by atoms with Gasteiger partial charge in [-0.25, -0.2) is 9.97 Å². The Hall–Kier alpha value is -3.12. The van der Waals surface area contributed by atoms with Crippen LogP contribution in [0.3, 0.4) is 0 Å². The minimum absolute atomic E-state index is 0.208. The first-order valence-corrected chi connectivity index (χ1v) is 8.29. The van der Waals surface area contributed by atoms with Crippen molar-refractivity contribution in [2.45, 2.75) is 6.54 Å². The van der Waals surface area contributed by atoms with Crippen molar-refractivity contribution in [3.05, 3.63) is 77.2 Å². The van der Waals surface area contributed by atoms with Crippen LogP contribution in [0.4, 0.5) is 11.5 Å². The van der Waals surface area contributed by atoms with Crippen molar-refractivity contribution in [1.82, 2.24) is 9.97 Å². The molecule has 6 nitrogen and oxygen atoms in total. The van der Waals surface area contributed by atoms with E-state index in [4.69, 9.17) is 16.3 Å². The number of halogens is 1. The first-order valence-electron chi connectivity index (χ1n) is 7.91. The predicted octanol–water partition coefficient (Wildman–Crippen LogP) is 4.00. The second kappa shape index (κ2) is 8.31. The molecule has 0 aliphatic heterocycles. The van der Waals surface area contributed by atoms with E-state index in [1.165, 1.54) is 12.4 Å². The molecule has 0 atom stereocenters. The van der Waals surface area contributed by atoms with Gasteiger partial charge in [0.25, 0.3) is 5.91 Å². The Morgan fingerprint density at radius 1 is 1.08 bits per heavy atom. The van der Waals surface area contributed by atoms with Gasteiger partial charge in [0.2, 0.25) is 0 Å². The van der Waals surface area contributed by atoms with Crippen LogP contribution in [0.25, 0.3) is 0 Å². The number of nitrogens with one attached hydrogen (secondary N) is 2. The van der Waals surface area contributed by atoms with E-state index in [0.29, 0.717) is 28.8 Å². The van der Waals surface area contributed by atoms with Gasteiger partial charge in [-0.1, -0.05) is 41.9 Å². The topological polar surface area (TPSA) is 76.1 Å². The van der Waals surface area contributed by atoms with Crippen molar-refractivity contribution < 1.29 is 9.53 Å². The summed E-state index contributed by atoms with van der Waals surface area (Å²) >= 11 is 6.12. The van der Waals surface area contributed by atoms with Crippen LogP contribution in [-0.4, -0.2) is 23.0 Å². The lowest BCUT2D eigenvalue weighted by Crippen LogP contribution is -2.15. The molecular formula is C19H17ClN4O2. The van der Waals surface area contributed by atoms with E-state index in [1.807, 2.05) is 36.4 Å². The Morgan fingerprint density at radius 2 is 1.85 bits per heavy atom. The first-order chi connectivity index (χ1) is 12.7. The fraction of sp³-hybridized carbons (Fsp3) is 0.105. The van der Waals surface area contributed by atoms with E-state index in [9.17, 15) is 4.79 Å². The Kier molecular flexibility index (Phi) is 5.66. The molecule has 0 saturated carbocycles. The molecule has 7 heteroatoms. The highest BCUT2D eigenvalue weighted by molar-refractivity contribution is 6.31. The highest BCUT2D eigenvalue weighted by atomic mass is 35.5. The van der Waals surface area contributed by atoms with Crippen LogP contribution in [0, 0.1) is 0 Å².